The van der Waals surface area contributed by atoms with Crippen LogP contribution in [0, 0.1) is 6.92 Å². The maximum Gasteiger partial charge on any atom is 0.259 e. The Bertz CT molecular complexity index is 2230. The molecule has 1 amide bonds. The number of hydrogen-bond acceptors (Lipinski definition) is 6. The van der Waals surface area contributed by atoms with Gasteiger partial charge in [-0.2, -0.15) is 0 Å². The van der Waals surface area contributed by atoms with E-state index in [1.54, 1.807) is 19.0 Å². The first-order chi connectivity index (χ1) is 24.9. The van der Waals surface area contributed by atoms with Crippen molar-refractivity contribution in [1.29, 1.82) is 0 Å². The summed E-state index contributed by atoms with van der Waals surface area (Å²) in [6.07, 6.45) is 8.06. The van der Waals surface area contributed by atoms with Crippen molar-refractivity contribution in [2.45, 2.75) is 12.5 Å². The zero-order valence-corrected chi connectivity index (χ0v) is 29.8. The Labute approximate surface area is 302 Å². The molecule has 0 aliphatic carbocycles. The lowest BCUT2D eigenvalue weighted by Crippen LogP contribution is -2.43. The van der Waals surface area contributed by atoms with Crippen molar-refractivity contribution in [3.8, 4) is 11.3 Å². The van der Waals surface area contributed by atoms with Gasteiger partial charge < -0.3 is 4.90 Å². The Morgan fingerprint density at radius 1 is 0.784 bits per heavy atom. The van der Waals surface area contributed by atoms with Gasteiger partial charge in [-0.25, -0.2) is 9.97 Å². The van der Waals surface area contributed by atoms with Crippen LogP contribution < -0.4 is 4.90 Å². The maximum atomic E-state index is 13.2. The number of allylic oxidation sites excluding steroid dienone is 1. The van der Waals surface area contributed by atoms with E-state index in [1.165, 1.54) is 11.3 Å². The van der Waals surface area contributed by atoms with E-state index in [-0.39, 0.29) is 5.91 Å². The van der Waals surface area contributed by atoms with E-state index < -0.39 is 5.54 Å². The Morgan fingerprint density at radius 2 is 1.35 bits per heavy atom. The Kier molecular flexibility index (Phi) is 9.42. The molecule has 0 radical (unpaired) electrons. The first-order valence-corrected chi connectivity index (χ1v) is 17.6. The Hall–Kier alpha value is -6.12. The van der Waals surface area contributed by atoms with Crippen molar-refractivity contribution < 1.29 is 4.79 Å². The number of thiazole rings is 1. The number of pyridine rings is 1. The minimum Gasteiger partial charge on any atom is -0.362 e. The standard InChI is InChI=1S/C43H38N6OS/c1-31-30-51-42(46-31)48(4)41(50)33-22-20-32(21-23-33)39-27-45-40-25-24-34(29-49(39)40)35(26-44-2)28-47(3)43(36-14-8-5-9-15-36,37-16-10-6-11-17-37)38-18-12-7-13-19-38/h5-30H,1-4H3/b35-28+,44-26?. The fourth-order valence-corrected chi connectivity index (χ4v) is 7.47. The summed E-state index contributed by atoms with van der Waals surface area (Å²) < 4.78 is 2.09. The highest BCUT2D eigenvalue weighted by Gasteiger charge is 2.39. The van der Waals surface area contributed by atoms with E-state index >= 15 is 0 Å². The summed E-state index contributed by atoms with van der Waals surface area (Å²) in [5.41, 5.74) is 8.92. The van der Waals surface area contributed by atoms with Gasteiger partial charge in [0, 0.05) is 67.4 Å². The predicted molar refractivity (Wildman–Crippen MR) is 210 cm³/mol. The second-order valence-electron chi connectivity index (χ2n) is 12.4. The van der Waals surface area contributed by atoms with E-state index in [9.17, 15) is 4.79 Å². The van der Waals surface area contributed by atoms with Crippen molar-refractivity contribution in [2.75, 3.05) is 26.0 Å². The van der Waals surface area contributed by atoms with Crippen LogP contribution in [0.25, 0.3) is 22.5 Å². The van der Waals surface area contributed by atoms with Gasteiger partial charge in [0.25, 0.3) is 5.91 Å². The third kappa shape index (κ3) is 6.37. The van der Waals surface area contributed by atoms with Crippen molar-refractivity contribution >= 4 is 39.8 Å². The largest absolute Gasteiger partial charge is 0.362 e. The lowest BCUT2D eigenvalue weighted by atomic mass is 9.76. The van der Waals surface area contributed by atoms with Crippen LogP contribution in [0.1, 0.15) is 38.3 Å². The van der Waals surface area contributed by atoms with Crippen molar-refractivity contribution in [2.24, 2.45) is 4.99 Å². The molecule has 0 bridgehead atoms. The van der Waals surface area contributed by atoms with Crippen LogP contribution in [0.15, 0.2) is 156 Å². The summed E-state index contributed by atoms with van der Waals surface area (Å²) in [5.74, 6) is -0.105. The third-order valence-electron chi connectivity index (χ3n) is 9.17. The van der Waals surface area contributed by atoms with E-state index in [0.29, 0.717) is 10.7 Å². The lowest BCUT2D eigenvalue weighted by molar-refractivity contribution is 0.0993. The van der Waals surface area contributed by atoms with Gasteiger partial charge in [-0.3, -0.25) is 19.1 Å². The summed E-state index contributed by atoms with van der Waals surface area (Å²) in [7, 11) is 5.68. The average Bonchev–Trinajstić information content (AvgIpc) is 3.82. The summed E-state index contributed by atoms with van der Waals surface area (Å²) in [6.45, 7) is 1.92. The number of hydrogen-bond donors (Lipinski definition) is 0. The highest BCUT2D eigenvalue weighted by Crippen LogP contribution is 2.42. The molecule has 7 aromatic rings. The van der Waals surface area contributed by atoms with Crippen LogP contribution in [-0.4, -0.2) is 52.5 Å². The maximum absolute atomic E-state index is 13.2. The van der Waals surface area contributed by atoms with Gasteiger partial charge in [-0.1, -0.05) is 103 Å². The number of carbonyl (C=O) groups is 1. The number of benzene rings is 4. The quantitative estimate of drug-likeness (QED) is 0.106. The number of aromatic nitrogens is 3. The fourth-order valence-electron chi connectivity index (χ4n) is 6.70. The molecule has 0 unspecified atom stereocenters. The number of rotatable bonds is 10. The van der Waals surface area contributed by atoms with Gasteiger partial charge in [-0.05, 0) is 47.9 Å². The third-order valence-corrected chi connectivity index (χ3v) is 10.2. The van der Waals surface area contributed by atoms with Gasteiger partial charge in [-0.15, -0.1) is 11.3 Å². The molecular formula is C43H38N6OS. The molecule has 0 spiro atoms. The van der Waals surface area contributed by atoms with Crippen LogP contribution in [0.2, 0.25) is 0 Å². The fraction of sp³-hybridized carbons (Fsp3) is 0.116. The first kappa shape index (κ1) is 33.4. The van der Waals surface area contributed by atoms with Crippen molar-refractivity contribution in [3.05, 3.63) is 185 Å². The molecule has 0 saturated carbocycles. The number of amides is 1. The van der Waals surface area contributed by atoms with E-state index in [1.807, 2.05) is 55.0 Å². The first-order valence-electron chi connectivity index (χ1n) is 16.7. The topological polar surface area (TPSA) is 66.1 Å². The molecule has 0 saturated heterocycles. The number of anilines is 1. The van der Waals surface area contributed by atoms with Crippen LogP contribution in [0.5, 0.6) is 0 Å². The average molecular weight is 687 g/mol. The normalized spacial score (nSPS) is 12.0. The molecule has 0 atom stereocenters. The number of fused-ring (bicyclic) bond motifs is 1. The Balaban J connectivity index is 1.29. The molecule has 3 heterocycles. The van der Waals surface area contributed by atoms with E-state index in [0.717, 1.165) is 50.4 Å². The number of imidazole rings is 1. The molecule has 0 aliphatic heterocycles. The minimum atomic E-state index is -0.632. The van der Waals surface area contributed by atoms with Crippen LogP contribution in [0.3, 0.4) is 0 Å². The SMILES string of the molecule is CN=C/C(=C\N(C)C(c1ccccc1)(c1ccccc1)c1ccccc1)c1ccc2ncc(-c3ccc(C(=O)N(C)c4nc(C)cs4)cc3)n2c1. The molecule has 8 heteroatoms. The Morgan fingerprint density at radius 3 is 1.88 bits per heavy atom. The second-order valence-corrected chi connectivity index (χ2v) is 13.2. The number of nitrogens with zero attached hydrogens (tertiary/aromatic N) is 6. The summed E-state index contributed by atoms with van der Waals surface area (Å²) >= 11 is 1.46. The van der Waals surface area contributed by atoms with Crippen LogP contribution in [0.4, 0.5) is 5.13 Å². The van der Waals surface area contributed by atoms with Crippen LogP contribution >= 0.6 is 11.3 Å². The molecule has 252 valence electrons. The highest BCUT2D eigenvalue weighted by atomic mass is 32.1. The van der Waals surface area contributed by atoms with E-state index in [2.05, 4.69) is 136 Å². The molecule has 4 aromatic carbocycles. The summed E-state index contributed by atoms with van der Waals surface area (Å²) in [6, 6.07) is 43.7. The molecule has 3 aromatic heterocycles. The van der Waals surface area contributed by atoms with Gasteiger partial charge in [0.05, 0.1) is 17.6 Å². The van der Waals surface area contributed by atoms with Crippen molar-refractivity contribution in [1.82, 2.24) is 19.3 Å². The van der Waals surface area contributed by atoms with E-state index in [4.69, 9.17) is 4.98 Å². The molecule has 0 aliphatic rings. The minimum absolute atomic E-state index is 0.105. The highest BCUT2D eigenvalue weighted by molar-refractivity contribution is 7.14. The van der Waals surface area contributed by atoms with Gasteiger partial charge in [0.2, 0.25) is 0 Å². The molecule has 7 rings (SSSR count). The number of aliphatic imine (C=N–C) groups is 1. The van der Waals surface area contributed by atoms with Crippen molar-refractivity contribution in [3.63, 3.8) is 0 Å². The predicted octanol–water partition coefficient (Wildman–Crippen LogP) is 9.01. The summed E-state index contributed by atoms with van der Waals surface area (Å²) in [5, 5.41) is 2.62. The summed E-state index contributed by atoms with van der Waals surface area (Å²) in [4.78, 5) is 30.8. The van der Waals surface area contributed by atoms with Gasteiger partial charge in [0.15, 0.2) is 5.13 Å². The molecule has 0 fully saturated rings. The number of carbonyl (C=O) groups excluding carboxylic acids is 1. The zero-order chi connectivity index (χ0) is 35.4. The molecule has 0 N–H and O–H groups in total. The van der Waals surface area contributed by atoms with Crippen LogP contribution in [-0.2, 0) is 5.54 Å². The molecule has 7 nitrogen and oxygen atoms in total. The van der Waals surface area contributed by atoms with Gasteiger partial charge >= 0.3 is 0 Å². The lowest BCUT2D eigenvalue weighted by Gasteiger charge is -2.43. The number of aryl methyl sites for hydroxylation is 1. The van der Waals surface area contributed by atoms with Gasteiger partial charge in [0.1, 0.15) is 11.2 Å². The second kappa shape index (κ2) is 14.4. The zero-order valence-electron chi connectivity index (χ0n) is 29.0. The molecule has 51 heavy (non-hydrogen) atoms. The monoisotopic (exact) mass is 686 g/mol. The smallest absolute Gasteiger partial charge is 0.259 e. The molecular weight excluding hydrogens is 649 g/mol.